The first-order valence-electron chi connectivity index (χ1n) is 7.47. The van der Waals surface area contributed by atoms with Crippen LogP contribution in [-0.4, -0.2) is 37.6 Å². The fourth-order valence-corrected chi connectivity index (χ4v) is 3.39. The topological polar surface area (TPSA) is 6.48 Å². The van der Waals surface area contributed by atoms with Gasteiger partial charge in [0, 0.05) is 22.9 Å². The summed E-state index contributed by atoms with van der Waals surface area (Å²) in [5.41, 5.74) is 2.61. The van der Waals surface area contributed by atoms with Crippen molar-refractivity contribution in [3.05, 3.63) is 28.2 Å². The average Bonchev–Trinajstić information content (AvgIpc) is 2.48. The predicted molar refractivity (Wildman–Crippen MR) is 97.1 cm³/mol. The zero-order valence-electron chi connectivity index (χ0n) is 12.8. The monoisotopic (exact) mass is 404 g/mol. The number of anilines is 1. The lowest BCUT2D eigenvalue weighted by Crippen LogP contribution is -2.30. The summed E-state index contributed by atoms with van der Waals surface area (Å²) in [7, 11) is 0. The zero-order valence-corrected chi connectivity index (χ0v) is 16.0. The van der Waals surface area contributed by atoms with Crippen LogP contribution in [0.1, 0.15) is 32.8 Å². The molecule has 1 aromatic rings. The van der Waals surface area contributed by atoms with E-state index in [2.05, 4.69) is 80.6 Å². The molecule has 114 valence electrons. The van der Waals surface area contributed by atoms with Gasteiger partial charge in [0.05, 0.1) is 5.69 Å². The minimum Gasteiger partial charge on any atom is -0.371 e. The van der Waals surface area contributed by atoms with Crippen molar-refractivity contribution >= 4 is 37.5 Å². The summed E-state index contributed by atoms with van der Waals surface area (Å²) in [6.07, 6.45) is 1.21. The maximum Gasteiger partial charge on any atom is 0.0510 e. The van der Waals surface area contributed by atoms with E-state index in [1.807, 2.05) is 0 Å². The number of hydrogen-bond donors (Lipinski definition) is 0. The fourth-order valence-electron chi connectivity index (χ4n) is 2.36. The van der Waals surface area contributed by atoms with Gasteiger partial charge in [-0.2, -0.15) is 0 Å². The van der Waals surface area contributed by atoms with Gasteiger partial charge in [-0.05, 0) is 66.6 Å². The van der Waals surface area contributed by atoms with E-state index in [4.69, 9.17) is 0 Å². The van der Waals surface area contributed by atoms with Crippen LogP contribution in [0.2, 0.25) is 0 Å². The van der Waals surface area contributed by atoms with Crippen molar-refractivity contribution in [3.63, 3.8) is 0 Å². The number of hydrogen-bond acceptors (Lipinski definition) is 2. The SMILES string of the molecule is CCN(CC)CCCN(CC)c1ccc(CBr)cc1Br. The molecular weight excluding hydrogens is 380 g/mol. The summed E-state index contributed by atoms with van der Waals surface area (Å²) < 4.78 is 1.19. The molecule has 0 aliphatic rings. The Labute approximate surface area is 140 Å². The summed E-state index contributed by atoms with van der Waals surface area (Å²) in [5.74, 6) is 0. The summed E-state index contributed by atoms with van der Waals surface area (Å²) >= 11 is 7.21. The first-order chi connectivity index (χ1) is 9.65. The Hall–Kier alpha value is -0.0600. The molecule has 0 fully saturated rings. The molecule has 0 amide bonds. The van der Waals surface area contributed by atoms with E-state index in [9.17, 15) is 0 Å². The number of halogens is 2. The Balaban J connectivity index is 2.62. The van der Waals surface area contributed by atoms with Gasteiger partial charge >= 0.3 is 0 Å². The Bertz CT molecular complexity index is 392. The first-order valence-corrected chi connectivity index (χ1v) is 9.39. The van der Waals surface area contributed by atoms with Gasteiger partial charge in [-0.25, -0.2) is 0 Å². The van der Waals surface area contributed by atoms with Crippen LogP contribution in [0, 0.1) is 0 Å². The fraction of sp³-hybridized carbons (Fsp3) is 0.625. The Morgan fingerprint density at radius 1 is 1.00 bits per heavy atom. The number of alkyl halides is 1. The van der Waals surface area contributed by atoms with E-state index < -0.39 is 0 Å². The van der Waals surface area contributed by atoms with Crippen LogP contribution in [0.25, 0.3) is 0 Å². The summed E-state index contributed by atoms with van der Waals surface area (Å²) in [4.78, 5) is 4.93. The van der Waals surface area contributed by atoms with Gasteiger partial charge in [0.15, 0.2) is 0 Å². The van der Waals surface area contributed by atoms with Crippen LogP contribution < -0.4 is 4.90 Å². The molecular formula is C16H26Br2N2. The molecule has 0 aliphatic heterocycles. The van der Waals surface area contributed by atoms with E-state index in [1.54, 1.807) is 0 Å². The van der Waals surface area contributed by atoms with E-state index in [-0.39, 0.29) is 0 Å². The molecule has 0 aliphatic carbocycles. The molecule has 0 radical (unpaired) electrons. The highest BCUT2D eigenvalue weighted by atomic mass is 79.9. The van der Waals surface area contributed by atoms with Gasteiger partial charge in [-0.3, -0.25) is 0 Å². The largest absolute Gasteiger partial charge is 0.371 e. The molecule has 20 heavy (non-hydrogen) atoms. The van der Waals surface area contributed by atoms with Gasteiger partial charge < -0.3 is 9.80 Å². The van der Waals surface area contributed by atoms with Gasteiger partial charge in [0.2, 0.25) is 0 Å². The Morgan fingerprint density at radius 3 is 2.20 bits per heavy atom. The third-order valence-electron chi connectivity index (χ3n) is 3.69. The van der Waals surface area contributed by atoms with E-state index in [0.717, 1.165) is 31.5 Å². The van der Waals surface area contributed by atoms with E-state index in [0.29, 0.717) is 0 Å². The molecule has 1 aromatic carbocycles. The molecule has 0 heterocycles. The summed E-state index contributed by atoms with van der Waals surface area (Å²) in [5, 5.41) is 0.903. The lowest BCUT2D eigenvalue weighted by Gasteiger charge is -2.26. The second kappa shape index (κ2) is 9.80. The van der Waals surface area contributed by atoms with E-state index >= 15 is 0 Å². The van der Waals surface area contributed by atoms with Crippen molar-refractivity contribution in [2.45, 2.75) is 32.5 Å². The van der Waals surface area contributed by atoms with Gasteiger partial charge in [0.1, 0.15) is 0 Å². The van der Waals surface area contributed by atoms with Crippen LogP contribution in [0.5, 0.6) is 0 Å². The molecule has 0 saturated carbocycles. The van der Waals surface area contributed by atoms with Crippen molar-refractivity contribution in [1.29, 1.82) is 0 Å². The highest BCUT2D eigenvalue weighted by Crippen LogP contribution is 2.28. The smallest absolute Gasteiger partial charge is 0.0510 e. The minimum absolute atomic E-state index is 0.903. The molecule has 0 spiro atoms. The van der Waals surface area contributed by atoms with Crippen LogP contribution in [0.3, 0.4) is 0 Å². The molecule has 0 bridgehead atoms. The molecule has 0 N–H and O–H groups in total. The third kappa shape index (κ3) is 5.38. The van der Waals surface area contributed by atoms with Gasteiger partial charge in [-0.15, -0.1) is 0 Å². The van der Waals surface area contributed by atoms with Crippen molar-refractivity contribution in [1.82, 2.24) is 4.90 Å². The number of nitrogens with zero attached hydrogens (tertiary/aromatic N) is 2. The van der Waals surface area contributed by atoms with Crippen LogP contribution >= 0.6 is 31.9 Å². The maximum atomic E-state index is 3.70. The molecule has 1 rings (SSSR count). The standard InChI is InChI=1S/C16H26Br2N2/c1-4-19(5-2)10-7-11-20(6-3)16-9-8-14(13-17)12-15(16)18/h8-9,12H,4-7,10-11,13H2,1-3H3. The minimum atomic E-state index is 0.903. The molecule has 0 aromatic heterocycles. The van der Waals surface area contributed by atoms with Gasteiger partial charge in [0.25, 0.3) is 0 Å². The normalized spacial score (nSPS) is 11.1. The van der Waals surface area contributed by atoms with Crippen molar-refractivity contribution in [2.75, 3.05) is 37.6 Å². The molecule has 4 heteroatoms. The van der Waals surface area contributed by atoms with Crippen molar-refractivity contribution < 1.29 is 0 Å². The average molecular weight is 406 g/mol. The second-order valence-electron chi connectivity index (χ2n) is 4.88. The molecule has 2 nitrogen and oxygen atoms in total. The number of benzene rings is 1. The van der Waals surface area contributed by atoms with Crippen LogP contribution in [0.15, 0.2) is 22.7 Å². The number of rotatable bonds is 9. The van der Waals surface area contributed by atoms with Crippen LogP contribution in [-0.2, 0) is 5.33 Å². The molecule has 0 atom stereocenters. The second-order valence-corrected chi connectivity index (χ2v) is 6.29. The van der Waals surface area contributed by atoms with E-state index in [1.165, 1.54) is 28.7 Å². The van der Waals surface area contributed by atoms with Gasteiger partial charge in [-0.1, -0.05) is 35.8 Å². The summed E-state index contributed by atoms with van der Waals surface area (Å²) in [6, 6.07) is 6.63. The van der Waals surface area contributed by atoms with Crippen LogP contribution in [0.4, 0.5) is 5.69 Å². The quantitative estimate of drug-likeness (QED) is 0.539. The lowest BCUT2D eigenvalue weighted by molar-refractivity contribution is 0.301. The zero-order chi connectivity index (χ0) is 15.0. The predicted octanol–water partition coefficient (Wildman–Crippen LogP) is 4.90. The molecule has 0 unspecified atom stereocenters. The first kappa shape index (κ1) is 18.0. The van der Waals surface area contributed by atoms with Crippen molar-refractivity contribution in [2.24, 2.45) is 0 Å². The van der Waals surface area contributed by atoms with Crippen molar-refractivity contribution in [3.8, 4) is 0 Å². The third-order valence-corrected chi connectivity index (χ3v) is 4.97. The lowest BCUT2D eigenvalue weighted by atomic mass is 10.2. The Kier molecular flexibility index (Phi) is 8.82. The summed E-state index contributed by atoms with van der Waals surface area (Å²) in [6.45, 7) is 12.3. The highest BCUT2D eigenvalue weighted by Gasteiger charge is 2.09. The maximum absolute atomic E-state index is 3.70. The Morgan fingerprint density at radius 2 is 1.70 bits per heavy atom. The molecule has 0 saturated heterocycles. The highest BCUT2D eigenvalue weighted by molar-refractivity contribution is 9.10.